The number of nitrogen functional groups attached to an aromatic ring is 1. The highest BCUT2D eigenvalue weighted by Gasteiger charge is 2.18. The van der Waals surface area contributed by atoms with Crippen LogP contribution in [-0.2, 0) is 0 Å². The summed E-state index contributed by atoms with van der Waals surface area (Å²) >= 11 is 5.97. The molecule has 90 valence electrons. The summed E-state index contributed by atoms with van der Waals surface area (Å²) in [7, 11) is 0. The Kier molecular flexibility index (Phi) is 2.53. The molecule has 0 bridgehead atoms. The maximum Gasteiger partial charge on any atom is 0.202 e. The van der Waals surface area contributed by atoms with Crippen LogP contribution in [0.4, 0.5) is 5.82 Å². The van der Waals surface area contributed by atoms with Crippen molar-refractivity contribution in [2.75, 3.05) is 5.73 Å². The van der Waals surface area contributed by atoms with Crippen LogP contribution in [0.2, 0.25) is 5.22 Å². The van der Waals surface area contributed by atoms with Crippen LogP contribution < -0.4 is 5.73 Å². The molecule has 3 aromatic rings. The van der Waals surface area contributed by atoms with Crippen molar-refractivity contribution in [1.82, 2.24) is 15.2 Å². The summed E-state index contributed by atoms with van der Waals surface area (Å²) in [4.78, 5) is 4.27. The number of furan rings is 1. The van der Waals surface area contributed by atoms with Crippen molar-refractivity contribution < 1.29 is 4.42 Å². The Morgan fingerprint density at radius 1 is 1.28 bits per heavy atom. The summed E-state index contributed by atoms with van der Waals surface area (Å²) in [5, 5.41) is 7.15. The summed E-state index contributed by atoms with van der Waals surface area (Å²) in [5.41, 5.74) is 8.74. The average Bonchev–Trinajstić information content (AvgIpc) is 2.96. The van der Waals surface area contributed by atoms with Crippen molar-refractivity contribution in [3.8, 4) is 22.5 Å². The van der Waals surface area contributed by atoms with E-state index in [1.807, 2.05) is 18.2 Å². The second kappa shape index (κ2) is 4.19. The van der Waals surface area contributed by atoms with Crippen molar-refractivity contribution in [3.63, 3.8) is 0 Å². The molecule has 3 N–H and O–H groups in total. The van der Waals surface area contributed by atoms with Crippen LogP contribution in [0, 0.1) is 0 Å². The van der Waals surface area contributed by atoms with Crippen LogP contribution in [-0.4, -0.2) is 15.2 Å². The molecule has 0 radical (unpaired) electrons. The number of hydrogen-bond donors (Lipinski definition) is 2. The van der Waals surface area contributed by atoms with Crippen molar-refractivity contribution in [2.24, 2.45) is 0 Å². The fourth-order valence-electron chi connectivity index (χ4n) is 1.79. The lowest BCUT2D eigenvalue weighted by Gasteiger charge is -2.01. The molecule has 0 saturated heterocycles. The number of aromatic nitrogens is 3. The number of pyridine rings is 1. The SMILES string of the molecule is Nc1n[nH]c(-c2ccoc2Cl)c1-c1ccccn1. The van der Waals surface area contributed by atoms with Gasteiger partial charge in [-0.05, 0) is 29.8 Å². The minimum absolute atomic E-state index is 0.288. The van der Waals surface area contributed by atoms with E-state index in [9.17, 15) is 0 Å². The Hall–Kier alpha value is -2.27. The number of anilines is 1. The van der Waals surface area contributed by atoms with Gasteiger partial charge in [-0.25, -0.2) is 0 Å². The molecule has 5 nitrogen and oxygen atoms in total. The first-order valence-corrected chi connectivity index (χ1v) is 5.64. The number of nitrogens with two attached hydrogens (primary N) is 1. The molecule has 3 heterocycles. The van der Waals surface area contributed by atoms with E-state index in [0.717, 1.165) is 11.3 Å². The third-order valence-corrected chi connectivity index (χ3v) is 2.90. The van der Waals surface area contributed by atoms with E-state index in [1.165, 1.54) is 6.26 Å². The van der Waals surface area contributed by atoms with Crippen molar-refractivity contribution in [1.29, 1.82) is 0 Å². The van der Waals surface area contributed by atoms with E-state index in [-0.39, 0.29) is 5.22 Å². The Balaban J connectivity index is 2.22. The van der Waals surface area contributed by atoms with Crippen molar-refractivity contribution in [2.45, 2.75) is 0 Å². The standard InChI is InChI=1S/C12H9ClN4O/c13-11-7(4-6-18-11)10-9(12(14)17-16-10)8-3-1-2-5-15-8/h1-6H,(H3,14,16,17). The maximum absolute atomic E-state index is 5.97. The molecule has 0 amide bonds. The van der Waals surface area contributed by atoms with Gasteiger partial charge in [-0.2, -0.15) is 5.10 Å². The Bertz CT molecular complexity index is 674. The average molecular weight is 261 g/mol. The fraction of sp³-hybridized carbons (Fsp3) is 0. The monoisotopic (exact) mass is 260 g/mol. The van der Waals surface area contributed by atoms with Gasteiger partial charge >= 0.3 is 0 Å². The van der Waals surface area contributed by atoms with Gasteiger partial charge in [-0.3, -0.25) is 10.1 Å². The van der Waals surface area contributed by atoms with Gasteiger partial charge in [0.2, 0.25) is 5.22 Å². The topological polar surface area (TPSA) is 80.7 Å². The lowest BCUT2D eigenvalue weighted by Crippen LogP contribution is -1.90. The third-order valence-electron chi connectivity index (χ3n) is 2.60. The van der Waals surface area contributed by atoms with Gasteiger partial charge in [0, 0.05) is 6.20 Å². The van der Waals surface area contributed by atoms with Crippen molar-refractivity contribution in [3.05, 3.63) is 41.9 Å². The zero-order chi connectivity index (χ0) is 12.5. The first-order valence-electron chi connectivity index (χ1n) is 5.26. The highest BCUT2D eigenvalue weighted by atomic mass is 35.5. The van der Waals surface area contributed by atoms with Gasteiger partial charge in [-0.15, -0.1) is 0 Å². The number of H-pyrrole nitrogens is 1. The van der Waals surface area contributed by atoms with Crippen molar-refractivity contribution >= 4 is 17.4 Å². The molecular formula is C12H9ClN4O. The van der Waals surface area contributed by atoms with Crippen LogP contribution >= 0.6 is 11.6 Å². The second-order valence-corrected chi connectivity index (χ2v) is 4.03. The Morgan fingerprint density at radius 2 is 2.17 bits per heavy atom. The largest absolute Gasteiger partial charge is 0.452 e. The zero-order valence-corrected chi connectivity index (χ0v) is 9.98. The molecule has 0 aliphatic heterocycles. The van der Waals surface area contributed by atoms with Gasteiger partial charge in [0.1, 0.15) is 0 Å². The number of nitrogens with zero attached hydrogens (tertiary/aromatic N) is 2. The van der Waals surface area contributed by atoms with Crippen LogP contribution in [0.1, 0.15) is 0 Å². The Morgan fingerprint density at radius 3 is 2.83 bits per heavy atom. The van der Waals surface area contributed by atoms with Crippen LogP contribution in [0.5, 0.6) is 0 Å². The molecule has 18 heavy (non-hydrogen) atoms. The first-order chi connectivity index (χ1) is 8.77. The van der Waals surface area contributed by atoms with Crippen LogP contribution in [0.25, 0.3) is 22.5 Å². The molecule has 0 spiro atoms. The fourth-order valence-corrected chi connectivity index (χ4v) is 2.00. The van der Waals surface area contributed by atoms with Crippen LogP contribution in [0.15, 0.2) is 41.1 Å². The molecule has 6 heteroatoms. The number of hydrogen-bond acceptors (Lipinski definition) is 4. The summed E-state index contributed by atoms with van der Waals surface area (Å²) in [6.45, 7) is 0. The Labute approximate surface area is 108 Å². The minimum atomic E-state index is 0.288. The molecule has 0 aliphatic carbocycles. The molecule has 3 rings (SSSR count). The van der Waals surface area contributed by atoms with E-state index in [1.54, 1.807) is 12.3 Å². The molecule has 0 unspecified atom stereocenters. The van der Waals surface area contributed by atoms with E-state index < -0.39 is 0 Å². The zero-order valence-electron chi connectivity index (χ0n) is 9.22. The van der Waals surface area contributed by atoms with E-state index in [0.29, 0.717) is 17.1 Å². The predicted octanol–water partition coefficient (Wildman–Crippen LogP) is 2.97. The molecule has 0 saturated carbocycles. The third kappa shape index (κ3) is 1.65. The van der Waals surface area contributed by atoms with E-state index >= 15 is 0 Å². The van der Waals surface area contributed by atoms with Gasteiger partial charge in [0.15, 0.2) is 5.82 Å². The van der Waals surface area contributed by atoms with Gasteiger partial charge in [0.05, 0.1) is 28.8 Å². The number of rotatable bonds is 2. The maximum atomic E-state index is 5.97. The molecule has 3 aromatic heterocycles. The first kappa shape index (κ1) is 10.9. The number of halogens is 1. The highest BCUT2D eigenvalue weighted by Crippen LogP contribution is 2.37. The molecule has 0 aliphatic rings. The van der Waals surface area contributed by atoms with Gasteiger partial charge < -0.3 is 10.2 Å². The normalized spacial score (nSPS) is 10.7. The quantitative estimate of drug-likeness (QED) is 0.742. The number of nitrogens with one attached hydrogen (secondary N) is 1. The molecule has 0 aromatic carbocycles. The van der Waals surface area contributed by atoms with Gasteiger partial charge in [0.25, 0.3) is 0 Å². The summed E-state index contributed by atoms with van der Waals surface area (Å²) in [6, 6.07) is 7.33. The second-order valence-electron chi connectivity index (χ2n) is 3.68. The smallest absolute Gasteiger partial charge is 0.202 e. The summed E-state index contributed by atoms with van der Waals surface area (Å²) in [5.74, 6) is 0.376. The van der Waals surface area contributed by atoms with Gasteiger partial charge in [-0.1, -0.05) is 6.07 Å². The number of aromatic amines is 1. The van der Waals surface area contributed by atoms with E-state index in [4.69, 9.17) is 21.8 Å². The summed E-state index contributed by atoms with van der Waals surface area (Å²) < 4.78 is 5.08. The predicted molar refractivity (Wildman–Crippen MR) is 68.9 cm³/mol. The van der Waals surface area contributed by atoms with Crippen LogP contribution in [0.3, 0.4) is 0 Å². The minimum Gasteiger partial charge on any atom is -0.452 e. The highest BCUT2D eigenvalue weighted by molar-refractivity contribution is 6.31. The van der Waals surface area contributed by atoms with E-state index in [2.05, 4.69) is 15.2 Å². The molecule has 0 fully saturated rings. The molecular weight excluding hydrogens is 252 g/mol. The molecule has 0 atom stereocenters. The lowest BCUT2D eigenvalue weighted by molar-refractivity contribution is 0.570. The lowest BCUT2D eigenvalue weighted by atomic mass is 10.1. The summed E-state index contributed by atoms with van der Waals surface area (Å²) in [6.07, 6.45) is 3.21.